The Hall–Kier alpha value is -2.10. The van der Waals surface area contributed by atoms with Gasteiger partial charge in [-0.05, 0) is 63.8 Å². The maximum Gasteiger partial charge on any atom is 0.359 e. The van der Waals surface area contributed by atoms with E-state index in [1.54, 1.807) is 18.2 Å². The number of rotatable bonds is 14. The van der Waals surface area contributed by atoms with E-state index in [-0.39, 0.29) is 48.5 Å². The Labute approximate surface area is 218 Å². The maximum atomic E-state index is 13.3. The van der Waals surface area contributed by atoms with Gasteiger partial charge in [-0.2, -0.15) is 0 Å². The fourth-order valence-electron chi connectivity index (χ4n) is 5.17. The molecule has 0 aromatic heterocycles. The van der Waals surface area contributed by atoms with Crippen molar-refractivity contribution in [3.05, 3.63) is 29.8 Å². The molecule has 4 unspecified atom stereocenters. The smallest absolute Gasteiger partial charge is 0.359 e. The molecule has 11 heteroatoms. The van der Waals surface area contributed by atoms with E-state index in [0.29, 0.717) is 19.6 Å². The molecule has 10 nitrogen and oxygen atoms in total. The fraction of sp³-hybridized carbons (Fsp3) is 0.654. The molecule has 0 saturated carbocycles. The molecule has 2 heterocycles. The number of hydrogen-bond acceptors (Lipinski definition) is 8. The van der Waals surface area contributed by atoms with Gasteiger partial charge in [0.1, 0.15) is 5.78 Å². The number of methoxy groups -OCH3 is 1. The first kappa shape index (κ1) is 29.5. The molecule has 0 aliphatic carbocycles. The van der Waals surface area contributed by atoms with Crippen molar-refractivity contribution in [1.82, 2.24) is 10.2 Å². The molecular formula is C26H39N2O8P. The quantitative estimate of drug-likeness (QED) is 0.208. The number of piperidine rings is 1. The van der Waals surface area contributed by atoms with Crippen LogP contribution in [0.1, 0.15) is 57.4 Å². The fourth-order valence-corrected chi connectivity index (χ4v) is 6.47. The second-order valence-electron chi connectivity index (χ2n) is 9.89. The van der Waals surface area contributed by atoms with Gasteiger partial charge in [0, 0.05) is 38.1 Å². The number of carbonyl (C=O) groups is 3. The molecule has 0 spiro atoms. The van der Waals surface area contributed by atoms with Crippen LogP contribution in [-0.2, 0) is 39.6 Å². The van der Waals surface area contributed by atoms with Gasteiger partial charge >= 0.3 is 13.6 Å². The minimum Gasteiger partial charge on any atom is -0.469 e. The second kappa shape index (κ2) is 13.6. The standard InChI is InChI=1S/C26H39N2O8P/c1-18(29)9-12-24(30)27-13-4-5-14-35-17-19-7-6-8-21(15-19)37(32,33)36-23-16-20-10-11-22(28(20)2)25(23)26(31)34-3/h6-8,15,20,22-23,25H,4-5,9-14,16-17H2,1-3H3,(H,27,30)(H,32,33)/t20?,22?,23?,25-/m1/s1. The number of Topliss-reactive ketones (excluding diaryl/α,β-unsaturated/α-hetero) is 1. The molecule has 1 aromatic rings. The van der Waals surface area contributed by atoms with E-state index >= 15 is 0 Å². The molecule has 2 N–H and O–H groups in total. The Morgan fingerprint density at radius 1 is 1.19 bits per heavy atom. The summed E-state index contributed by atoms with van der Waals surface area (Å²) in [5.41, 5.74) is 0.737. The van der Waals surface area contributed by atoms with E-state index in [1.165, 1.54) is 14.0 Å². The molecule has 3 rings (SSSR count). The Balaban J connectivity index is 1.48. The van der Waals surface area contributed by atoms with Gasteiger partial charge < -0.3 is 29.0 Å². The van der Waals surface area contributed by atoms with Crippen molar-refractivity contribution >= 4 is 30.6 Å². The zero-order chi connectivity index (χ0) is 27.0. The summed E-state index contributed by atoms with van der Waals surface area (Å²) in [6.07, 6.45) is 3.50. The van der Waals surface area contributed by atoms with Crippen LogP contribution in [0.25, 0.3) is 0 Å². The molecule has 37 heavy (non-hydrogen) atoms. The summed E-state index contributed by atoms with van der Waals surface area (Å²) in [5.74, 6) is -1.16. The first-order valence-electron chi connectivity index (χ1n) is 12.9. The molecule has 2 aliphatic heterocycles. The molecule has 2 bridgehead atoms. The Bertz CT molecular complexity index is 1000. The lowest BCUT2D eigenvalue weighted by Gasteiger charge is -2.41. The van der Waals surface area contributed by atoms with E-state index in [1.807, 2.05) is 13.1 Å². The summed E-state index contributed by atoms with van der Waals surface area (Å²) in [6.45, 7) is 2.72. The largest absolute Gasteiger partial charge is 0.469 e. The Morgan fingerprint density at radius 2 is 1.97 bits per heavy atom. The number of fused-ring (bicyclic) bond motifs is 2. The Morgan fingerprint density at radius 3 is 2.70 bits per heavy atom. The highest BCUT2D eigenvalue weighted by atomic mass is 31.2. The third-order valence-corrected chi connectivity index (χ3v) is 8.70. The lowest BCUT2D eigenvalue weighted by molar-refractivity contribution is -0.154. The van der Waals surface area contributed by atoms with Gasteiger partial charge in [-0.1, -0.05) is 12.1 Å². The van der Waals surface area contributed by atoms with E-state index in [2.05, 4.69) is 10.2 Å². The highest BCUT2D eigenvalue weighted by molar-refractivity contribution is 7.61. The number of nitrogens with zero attached hydrogens (tertiary/aromatic N) is 1. The predicted molar refractivity (Wildman–Crippen MR) is 137 cm³/mol. The van der Waals surface area contributed by atoms with Gasteiger partial charge in [-0.25, -0.2) is 0 Å². The number of esters is 1. The lowest BCUT2D eigenvalue weighted by Crippen LogP contribution is -2.53. The SMILES string of the molecule is COC(=O)[C@H]1C(OP(=O)(O)c2cccc(COCCCCNC(=O)CCC(C)=O)c2)CC2CCC1N2C. The third kappa shape index (κ3) is 8.19. The molecule has 5 atom stereocenters. The highest BCUT2D eigenvalue weighted by Crippen LogP contribution is 2.49. The van der Waals surface area contributed by atoms with Crippen molar-refractivity contribution in [2.75, 3.05) is 27.3 Å². The van der Waals surface area contributed by atoms with Gasteiger partial charge in [0.15, 0.2) is 0 Å². The zero-order valence-electron chi connectivity index (χ0n) is 21.9. The number of benzene rings is 1. The van der Waals surface area contributed by atoms with E-state index in [4.69, 9.17) is 14.0 Å². The Kier molecular flexibility index (Phi) is 10.8. The summed E-state index contributed by atoms with van der Waals surface area (Å²) >= 11 is 0. The molecule has 2 aliphatic rings. The number of amides is 1. The average Bonchev–Trinajstić information content (AvgIpc) is 3.09. The van der Waals surface area contributed by atoms with Gasteiger partial charge in [-0.3, -0.25) is 19.1 Å². The van der Waals surface area contributed by atoms with E-state index in [9.17, 15) is 23.8 Å². The minimum absolute atomic E-state index is 0.00385. The van der Waals surface area contributed by atoms with Crippen molar-refractivity contribution in [3.63, 3.8) is 0 Å². The number of hydrogen-bond donors (Lipinski definition) is 2. The van der Waals surface area contributed by atoms with Crippen LogP contribution < -0.4 is 10.6 Å². The first-order valence-corrected chi connectivity index (χ1v) is 14.4. The van der Waals surface area contributed by atoms with Crippen molar-refractivity contribution in [2.24, 2.45) is 5.92 Å². The number of unbranched alkanes of at least 4 members (excludes halogenated alkanes) is 1. The van der Waals surface area contributed by atoms with Crippen LogP contribution in [0.3, 0.4) is 0 Å². The molecular weight excluding hydrogens is 499 g/mol. The number of ketones is 1. The van der Waals surface area contributed by atoms with E-state index < -0.39 is 25.6 Å². The minimum atomic E-state index is -4.19. The number of ether oxygens (including phenoxy) is 2. The lowest BCUT2D eigenvalue weighted by atomic mass is 9.88. The summed E-state index contributed by atoms with van der Waals surface area (Å²) in [7, 11) is -0.887. The predicted octanol–water partition coefficient (Wildman–Crippen LogP) is 2.32. The summed E-state index contributed by atoms with van der Waals surface area (Å²) in [5, 5.41) is 2.94. The number of nitrogens with one attached hydrogen (secondary N) is 1. The van der Waals surface area contributed by atoms with Crippen LogP contribution in [0.5, 0.6) is 0 Å². The van der Waals surface area contributed by atoms with Crippen molar-refractivity contribution in [1.29, 1.82) is 0 Å². The highest BCUT2D eigenvalue weighted by Gasteiger charge is 2.51. The molecule has 0 radical (unpaired) electrons. The van der Waals surface area contributed by atoms with Crippen LogP contribution in [-0.4, -0.2) is 72.9 Å². The molecule has 2 saturated heterocycles. The monoisotopic (exact) mass is 538 g/mol. The van der Waals surface area contributed by atoms with E-state index in [0.717, 1.165) is 31.2 Å². The van der Waals surface area contributed by atoms with Crippen LogP contribution >= 0.6 is 7.60 Å². The maximum absolute atomic E-state index is 13.3. The van der Waals surface area contributed by atoms with Crippen LogP contribution in [0.4, 0.5) is 0 Å². The molecule has 1 amide bonds. The topological polar surface area (TPSA) is 131 Å². The summed E-state index contributed by atoms with van der Waals surface area (Å²) < 4.78 is 29.8. The van der Waals surface area contributed by atoms with Crippen LogP contribution in [0, 0.1) is 5.92 Å². The van der Waals surface area contributed by atoms with Crippen LogP contribution in [0.2, 0.25) is 0 Å². The first-order chi connectivity index (χ1) is 17.6. The number of carbonyl (C=O) groups excluding carboxylic acids is 3. The van der Waals surface area contributed by atoms with Crippen LogP contribution in [0.15, 0.2) is 24.3 Å². The van der Waals surface area contributed by atoms with Gasteiger partial charge in [0.05, 0.1) is 31.0 Å². The van der Waals surface area contributed by atoms with Crippen molar-refractivity contribution < 1.29 is 37.8 Å². The average molecular weight is 539 g/mol. The van der Waals surface area contributed by atoms with Crippen molar-refractivity contribution in [2.45, 2.75) is 76.7 Å². The van der Waals surface area contributed by atoms with Gasteiger partial charge in [0.2, 0.25) is 5.91 Å². The molecule has 206 valence electrons. The zero-order valence-corrected chi connectivity index (χ0v) is 22.8. The molecule has 2 fully saturated rings. The van der Waals surface area contributed by atoms with Gasteiger partial charge in [-0.15, -0.1) is 0 Å². The third-order valence-electron chi connectivity index (χ3n) is 7.21. The van der Waals surface area contributed by atoms with Crippen molar-refractivity contribution in [3.8, 4) is 0 Å². The van der Waals surface area contributed by atoms with Gasteiger partial charge in [0.25, 0.3) is 0 Å². The molecule has 1 aromatic carbocycles. The second-order valence-corrected chi connectivity index (χ2v) is 11.7. The normalized spacial score (nSPS) is 24.9. The summed E-state index contributed by atoms with van der Waals surface area (Å²) in [6, 6.07) is 6.80. The summed E-state index contributed by atoms with van der Waals surface area (Å²) in [4.78, 5) is 48.1.